The number of likely N-dealkylation sites (tertiary alicyclic amines) is 1. The number of hydrogen-bond donors (Lipinski definition) is 0. The molecule has 0 spiro atoms. The summed E-state index contributed by atoms with van der Waals surface area (Å²) in [7, 11) is 0. The molecule has 2 atom stereocenters. The second kappa shape index (κ2) is 6.63. The minimum Gasteiger partial charge on any atom is -0.356 e. The summed E-state index contributed by atoms with van der Waals surface area (Å²) in [6.45, 7) is 2.66. The van der Waals surface area contributed by atoms with Crippen LogP contribution in [0.4, 0.5) is 5.82 Å². The third-order valence-electron chi connectivity index (χ3n) is 5.23. The summed E-state index contributed by atoms with van der Waals surface area (Å²) >= 11 is 0. The van der Waals surface area contributed by atoms with Crippen molar-refractivity contribution in [1.82, 2.24) is 9.88 Å². The zero-order chi connectivity index (χ0) is 16.4. The van der Waals surface area contributed by atoms with Gasteiger partial charge >= 0.3 is 0 Å². The van der Waals surface area contributed by atoms with Crippen molar-refractivity contribution in [3.05, 3.63) is 60.3 Å². The van der Waals surface area contributed by atoms with Crippen LogP contribution in [0.1, 0.15) is 30.9 Å². The molecule has 1 amide bonds. The lowest BCUT2D eigenvalue weighted by atomic mass is 9.90. The first-order valence-electron chi connectivity index (χ1n) is 8.84. The molecule has 2 saturated heterocycles. The van der Waals surface area contributed by atoms with Crippen LogP contribution in [0.2, 0.25) is 0 Å². The van der Waals surface area contributed by atoms with E-state index in [-0.39, 0.29) is 12.0 Å². The molecule has 4 rings (SSSR count). The van der Waals surface area contributed by atoms with Crippen molar-refractivity contribution >= 4 is 11.7 Å². The largest absolute Gasteiger partial charge is 0.356 e. The molecule has 24 heavy (non-hydrogen) atoms. The van der Waals surface area contributed by atoms with Gasteiger partial charge in [0.05, 0.1) is 12.0 Å². The van der Waals surface area contributed by atoms with Crippen molar-refractivity contribution in [2.24, 2.45) is 5.92 Å². The van der Waals surface area contributed by atoms with Gasteiger partial charge in [-0.15, -0.1) is 0 Å². The fourth-order valence-electron chi connectivity index (χ4n) is 3.83. The molecule has 124 valence electrons. The molecule has 3 heterocycles. The number of pyridine rings is 1. The first-order chi connectivity index (χ1) is 11.8. The van der Waals surface area contributed by atoms with E-state index in [0.29, 0.717) is 5.91 Å². The van der Waals surface area contributed by atoms with Gasteiger partial charge in [-0.05, 0) is 37.0 Å². The van der Waals surface area contributed by atoms with Crippen LogP contribution >= 0.6 is 0 Å². The van der Waals surface area contributed by atoms with Crippen molar-refractivity contribution in [1.29, 1.82) is 0 Å². The van der Waals surface area contributed by atoms with Gasteiger partial charge in [0.1, 0.15) is 5.82 Å². The summed E-state index contributed by atoms with van der Waals surface area (Å²) < 4.78 is 0. The van der Waals surface area contributed by atoms with Crippen LogP contribution in [0.5, 0.6) is 0 Å². The van der Waals surface area contributed by atoms with Crippen LogP contribution in [-0.2, 0) is 4.79 Å². The van der Waals surface area contributed by atoms with Gasteiger partial charge in [0.15, 0.2) is 0 Å². The lowest BCUT2D eigenvalue weighted by Gasteiger charge is -2.44. The number of carbonyl (C=O) groups excluding carboxylic acids is 1. The lowest BCUT2D eigenvalue weighted by molar-refractivity contribution is -0.144. The Morgan fingerprint density at radius 3 is 2.54 bits per heavy atom. The van der Waals surface area contributed by atoms with Crippen LogP contribution in [0.15, 0.2) is 54.7 Å². The summed E-state index contributed by atoms with van der Waals surface area (Å²) in [6.07, 6.45) is 4.94. The van der Waals surface area contributed by atoms with Crippen molar-refractivity contribution in [3.8, 4) is 0 Å². The van der Waals surface area contributed by atoms with Crippen LogP contribution in [0.3, 0.4) is 0 Å². The zero-order valence-electron chi connectivity index (χ0n) is 13.8. The van der Waals surface area contributed by atoms with E-state index in [1.165, 1.54) is 5.56 Å². The van der Waals surface area contributed by atoms with Gasteiger partial charge in [-0.25, -0.2) is 4.98 Å². The molecule has 0 aliphatic carbocycles. The summed E-state index contributed by atoms with van der Waals surface area (Å²) in [5.41, 5.74) is 1.26. The number of benzene rings is 1. The number of anilines is 1. The Kier molecular flexibility index (Phi) is 4.20. The predicted octanol–water partition coefficient (Wildman–Crippen LogP) is 3.27. The van der Waals surface area contributed by atoms with E-state index in [2.05, 4.69) is 39.0 Å². The molecule has 0 bridgehead atoms. The highest BCUT2D eigenvalue weighted by molar-refractivity contribution is 5.81. The molecule has 1 aromatic carbocycles. The first kappa shape index (κ1) is 15.2. The smallest absolute Gasteiger partial charge is 0.227 e. The minimum absolute atomic E-state index is 0.0901. The van der Waals surface area contributed by atoms with E-state index in [1.807, 2.05) is 30.5 Å². The number of nitrogens with zero attached hydrogens (tertiary/aromatic N) is 3. The van der Waals surface area contributed by atoms with Crippen molar-refractivity contribution < 1.29 is 4.79 Å². The predicted molar refractivity (Wildman–Crippen MR) is 94.7 cm³/mol. The first-order valence-corrected chi connectivity index (χ1v) is 8.84. The average Bonchev–Trinajstić information content (AvgIpc) is 2.62. The molecule has 0 saturated carbocycles. The topological polar surface area (TPSA) is 36.4 Å². The second-order valence-corrected chi connectivity index (χ2v) is 6.72. The van der Waals surface area contributed by atoms with E-state index in [9.17, 15) is 4.79 Å². The summed E-state index contributed by atoms with van der Waals surface area (Å²) in [6, 6.07) is 16.6. The number of aromatic nitrogens is 1. The van der Waals surface area contributed by atoms with E-state index in [1.54, 1.807) is 0 Å². The molecule has 1 aromatic heterocycles. The molecule has 4 heteroatoms. The van der Waals surface area contributed by atoms with Crippen LogP contribution in [-0.4, -0.2) is 35.4 Å². The summed E-state index contributed by atoms with van der Waals surface area (Å²) in [5, 5.41) is 0. The number of piperidine rings is 1. The Morgan fingerprint density at radius 1 is 1.00 bits per heavy atom. The highest BCUT2D eigenvalue weighted by Crippen LogP contribution is 2.35. The van der Waals surface area contributed by atoms with Crippen molar-refractivity contribution in [2.45, 2.75) is 25.3 Å². The monoisotopic (exact) mass is 321 g/mol. The van der Waals surface area contributed by atoms with E-state index in [0.717, 1.165) is 44.7 Å². The molecule has 0 unspecified atom stereocenters. The number of rotatable bonds is 3. The van der Waals surface area contributed by atoms with Gasteiger partial charge in [0.25, 0.3) is 0 Å². The lowest BCUT2D eigenvalue weighted by Crippen LogP contribution is -2.51. The molecule has 0 radical (unpaired) electrons. The van der Waals surface area contributed by atoms with Gasteiger partial charge < -0.3 is 9.80 Å². The maximum absolute atomic E-state index is 13.0. The maximum Gasteiger partial charge on any atom is 0.227 e. The third kappa shape index (κ3) is 2.88. The second-order valence-electron chi connectivity index (χ2n) is 6.72. The Morgan fingerprint density at radius 2 is 1.83 bits per heavy atom. The zero-order valence-corrected chi connectivity index (χ0v) is 13.8. The van der Waals surface area contributed by atoms with Gasteiger partial charge in [-0.3, -0.25) is 4.79 Å². The van der Waals surface area contributed by atoms with E-state index >= 15 is 0 Å². The summed E-state index contributed by atoms with van der Waals surface area (Å²) in [5.74, 6) is 1.39. The fraction of sp³-hybridized carbons (Fsp3) is 0.400. The highest BCUT2D eigenvalue weighted by atomic mass is 16.2. The van der Waals surface area contributed by atoms with Gasteiger partial charge in [0, 0.05) is 25.8 Å². The fourth-order valence-corrected chi connectivity index (χ4v) is 3.83. The SMILES string of the molecule is O=C([C@@H]1CCCN(c2ccccn2)C1)N1CC[C@H]1c1ccccc1. The Hall–Kier alpha value is -2.36. The maximum atomic E-state index is 13.0. The van der Waals surface area contributed by atoms with Crippen LogP contribution < -0.4 is 4.90 Å². The van der Waals surface area contributed by atoms with Crippen LogP contribution in [0.25, 0.3) is 0 Å². The molecule has 2 aliphatic rings. The quantitative estimate of drug-likeness (QED) is 0.870. The minimum atomic E-state index is 0.0901. The Balaban J connectivity index is 1.45. The van der Waals surface area contributed by atoms with Gasteiger partial charge in [-0.1, -0.05) is 36.4 Å². The molecule has 2 fully saturated rings. The van der Waals surface area contributed by atoms with Crippen LogP contribution in [0, 0.1) is 5.92 Å². The molecule has 0 N–H and O–H groups in total. The average molecular weight is 321 g/mol. The molecule has 2 aromatic rings. The summed E-state index contributed by atoms with van der Waals surface area (Å²) in [4.78, 5) is 21.8. The number of amides is 1. The van der Waals surface area contributed by atoms with Gasteiger partial charge in [-0.2, -0.15) is 0 Å². The third-order valence-corrected chi connectivity index (χ3v) is 5.23. The van der Waals surface area contributed by atoms with Crippen molar-refractivity contribution in [3.63, 3.8) is 0 Å². The number of hydrogen-bond acceptors (Lipinski definition) is 3. The van der Waals surface area contributed by atoms with Gasteiger partial charge in [0.2, 0.25) is 5.91 Å². The molecule has 2 aliphatic heterocycles. The van der Waals surface area contributed by atoms with E-state index < -0.39 is 0 Å². The Bertz CT molecular complexity index is 689. The standard InChI is InChI=1S/C20H23N3O/c24-20(23-14-11-18(23)16-7-2-1-3-8-16)17-9-6-13-22(15-17)19-10-4-5-12-21-19/h1-5,7-8,10,12,17-18H,6,9,11,13-15H2/t17-,18+/m1/s1. The Labute approximate surface area is 143 Å². The number of carbonyl (C=O) groups is 1. The van der Waals surface area contributed by atoms with Crippen molar-refractivity contribution in [2.75, 3.05) is 24.5 Å². The molecular weight excluding hydrogens is 298 g/mol. The molecule has 4 nitrogen and oxygen atoms in total. The highest BCUT2D eigenvalue weighted by Gasteiger charge is 2.38. The van der Waals surface area contributed by atoms with E-state index in [4.69, 9.17) is 0 Å². The molecular formula is C20H23N3O. The normalized spacial score (nSPS) is 23.7.